The topological polar surface area (TPSA) is 141 Å². The predicted octanol–water partition coefficient (Wildman–Crippen LogP) is 0.860. The number of rotatable bonds is 6. The Morgan fingerprint density at radius 1 is 1.26 bits per heavy atom. The average Bonchev–Trinajstić information content (AvgIpc) is 3.20. The molecule has 4 aromatic heterocycles. The fraction of sp³-hybridized carbons (Fsp3) is 0.174. The summed E-state index contributed by atoms with van der Waals surface area (Å²) >= 11 is 0. The van der Waals surface area contributed by atoms with Crippen molar-refractivity contribution in [3.05, 3.63) is 87.7 Å². The van der Waals surface area contributed by atoms with Gasteiger partial charge in [0.15, 0.2) is 11.1 Å². The minimum absolute atomic E-state index is 0.238. The molecule has 34 heavy (non-hydrogen) atoms. The van der Waals surface area contributed by atoms with E-state index in [4.69, 9.17) is 9.98 Å². The molecule has 4 heterocycles. The molecule has 5 aromatic rings. The average molecular weight is 455 g/mol. The molecule has 0 aliphatic heterocycles. The summed E-state index contributed by atoms with van der Waals surface area (Å²) in [4.78, 5) is 30.1. The molecule has 0 bridgehead atoms. The summed E-state index contributed by atoms with van der Waals surface area (Å²) in [7, 11) is 0. The first-order valence-corrected chi connectivity index (χ1v) is 10.9. The van der Waals surface area contributed by atoms with Gasteiger partial charge in [-0.25, -0.2) is 14.8 Å². The number of fused-ring (bicyclic) bond motifs is 1. The smallest absolute Gasteiger partial charge is 0.326 e. The van der Waals surface area contributed by atoms with Crippen LogP contribution in [0.3, 0.4) is 0 Å². The van der Waals surface area contributed by atoms with Crippen LogP contribution in [0.5, 0.6) is 5.88 Å². The van der Waals surface area contributed by atoms with E-state index in [1.807, 2.05) is 35.0 Å². The van der Waals surface area contributed by atoms with Gasteiger partial charge in [-0.05, 0) is 30.5 Å². The van der Waals surface area contributed by atoms with Gasteiger partial charge in [0.2, 0.25) is 5.88 Å². The van der Waals surface area contributed by atoms with Gasteiger partial charge >= 0.3 is 5.69 Å². The van der Waals surface area contributed by atoms with Crippen LogP contribution in [-0.2, 0) is 6.54 Å². The van der Waals surface area contributed by atoms with Crippen LogP contribution < -0.4 is 21.7 Å². The predicted molar refractivity (Wildman–Crippen MR) is 124 cm³/mol. The number of hydrogen-bond donors (Lipinski definition) is 4. The van der Waals surface area contributed by atoms with Crippen LogP contribution in [0.25, 0.3) is 17.4 Å². The van der Waals surface area contributed by atoms with E-state index in [9.17, 15) is 9.90 Å². The Hall–Kier alpha value is -4.67. The van der Waals surface area contributed by atoms with Crippen LogP contribution in [0, 0.1) is 0 Å². The highest BCUT2D eigenvalue weighted by Gasteiger charge is 2.20. The summed E-state index contributed by atoms with van der Waals surface area (Å²) < 4.78 is 3.65. The molecule has 0 unspecified atom stereocenters. The standard InChI is InChI=1S/C23H21N9O2/c33-22-17(28-23(34)30-22)9-15-12-26-32-20(27-16-5-6-16)10-19(29-21(15)32)25-11-14-3-1-2-4-18(14)31-8-7-24-13-31/h1-4,7-10,12-13,16,25,33H,5-6,11H2,(H2,28,30,34). The number of H-pyrrole nitrogens is 2. The van der Waals surface area contributed by atoms with Crippen LogP contribution in [0.4, 0.5) is 5.82 Å². The van der Waals surface area contributed by atoms with E-state index in [0.717, 1.165) is 24.1 Å². The molecule has 1 fully saturated rings. The Labute approximate surface area is 192 Å². The number of aromatic hydroxyl groups is 1. The number of aromatic amines is 2. The van der Waals surface area contributed by atoms with Gasteiger partial charge in [-0.3, -0.25) is 9.98 Å². The van der Waals surface area contributed by atoms with Crippen LogP contribution in [0.1, 0.15) is 24.1 Å². The third-order valence-corrected chi connectivity index (χ3v) is 5.61. The zero-order valence-electron chi connectivity index (χ0n) is 18.0. The van der Waals surface area contributed by atoms with Crippen molar-refractivity contribution in [3.8, 4) is 11.6 Å². The van der Waals surface area contributed by atoms with Gasteiger partial charge in [0.1, 0.15) is 11.5 Å². The van der Waals surface area contributed by atoms with E-state index in [1.54, 1.807) is 29.3 Å². The molecule has 0 radical (unpaired) electrons. The molecule has 0 saturated heterocycles. The third kappa shape index (κ3) is 3.83. The van der Waals surface area contributed by atoms with Gasteiger partial charge in [0.25, 0.3) is 0 Å². The Morgan fingerprint density at radius 3 is 2.91 bits per heavy atom. The zero-order chi connectivity index (χ0) is 23.1. The van der Waals surface area contributed by atoms with Crippen molar-refractivity contribution < 1.29 is 5.11 Å². The molecule has 1 aromatic carbocycles. The van der Waals surface area contributed by atoms with Gasteiger partial charge in [-0.15, -0.1) is 0 Å². The second-order valence-corrected chi connectivity index (χ2v) is 8.13. The number of benzene rings is 1. The lowest BCUT2D eigenvalue weighted by Gasteiger charge is -2.12. The highest BCUT2D eigenvalue weighted by Crippen LogP contribution is 2.22. The first-order chi connectivity index (χ1) is 16.6. The van der Waals surface area contributed by atoms with Gasteiger partial charge in [0, 0.05) is 30.2 Å². The lowest BCUT2D eigenvalue weighted by Crippen LogP contribution is -2.20. The molecule has 170 valence electrons. The molecule has 0 atom stereocenters. The minimum Gasteiger partial charge on any atom is -0.493 e. The third-order valence-electron chi connectivity index (χ3n) is 5.61. The van der Waals surface area contributed by atoms with Crippen molar-refractivity contribution in [1.29, 1.82) is 0 Å². The van der Waals surface area contributed by atoms with E-state index >= 15 is 0 Å². The SMILES string of the molecule is O=c1[nH]c(O)c(C=c2cnn3c(=NC4CC4)cc(NCc4ccccc4-n4ccnc4)nc23)[nH]1. The van der Waals surface area contributed by atoms with Gasteiger partial charge in [-0.1, -0.05) is 18.2 Å². The fourth-order valence-corrected chi connectivity index (χ4v) is 3.79. The largest absolute Gasteiger partial charge is 0.493 e. The lowest BCUT2D eigenvalue weighted by molar-refractivity contribution is 0.454. The van der Waals surface area contributed by atoms with Crippen LogP contribution >= 0.6 is 0 Å². The Bertz CT molecular complexity index is 1660. The summed E-state index contributed by atoms with van der Waals surface area (Å²) in [6, 6.07) is 10.3. The molecular weight excluding hydrogens is 434 g/mol. The van der Waals surface area contributed by atoms with Crippen LogP contribution in [-0.4, -0.2) is 45.3 Å². The van der Waals surface area contributed by atoms with E-state index in [1.165, 1.54) is 0 Å². The van der Waals surface area contributed by atoms with E-state index in [-0.39, 0.29) is 11.6 Å². The molecule has 4 N–H and O–H groups in total. The van der Waals surface area contributed by atoms with E-state index in [0.29, 0.717) is 34.8 Å². The summed E-state index contributed by atoms with van der Waals surface area (Å²) in [5, 5.41) is 18.4. The molecule has 0 spiro atoms. The second-order valence-electron chi connectivity index (χ2n) is 8.13. The number of anilines is 1. The van der Waals surface area contributed by atoms with Crippen molar-refractivity contribution >= 4 is 17.5 Å². The van der Waals surface area contributed by atoms with Gasteiger partial charge in [-0.2, -0.15) is 9.61 Å². The maximum Gasteiger partial charge on any atom is 0.326 e. The highest BCUT2D eigenvalue weighted by molar-refractivity contribution is 5.58. The summed E-state index contributed by atoms with van der Waals surface area (Å²) in [6.45, 7) is 0.541. The number of hydrogen-bond acceptors (Lipinski definition) is 7. The monoisotopic (exact) mass is 455 g/mol. The van der Waals surface area contributed by atoms with Crippen LogP contribution in [0.2, 0.25) is 0 Å². The van der Waals surface area contributed by atoms with E-state index in [2.05, 4.69) is 31.4 Å². The summed E-state index contributed by atoms with van der Waals surface area (Å²) in [5.74, 6) is 0.409. The first-order valence-electron chi connectivity index (χ1n) is 10.9. The quantitative estimate of drug-likeness (QED) is 0.299. The number of nitrogens with zero attached hydrogens (tertiary/aromatic N) is 6. The van der Waals surface area contributed by atoms with Crippen molar-refractivity contribution in [2.24, 2.45) is 4.99 Å². The maximum absolute atomic E-state index is 11.5. The molecule has 1 saturated carbocycles. The molecule has 1 aliphatic rings. The molecule has 1 aliphatic carbocycles. The molecule has 0 amide bonds. The highest BCUT2D eigenvalue weighted by atomic mass is 16.3. The number of para-hydroxylation sites is 1. The zero-order valence-corrected chi connectivity index (χ0v) is 18.0. The Balaban J connectivity index is 1.41. The number of nitrogens with one attached hydrogen (secondary N) is 3. The second kappa shape index (κ2) is 8.03. The van der Waals surface area contributed by atoms with Crippen molar-refractivity contribution in [3.63, 3.8) is 0 Å². The summed E-state index contributed by atoms with van der Waals surface area (Å²) in [5.41, 5.74) is 3.14. The number of imidazole rings is 2. The minimum atomic E-state index is -0.489. The maximum atomic E-state index is 11.5. The van der Waals surface area contributed by atoms with Crippen LogP contribution in [0.15, 0.2) is 65.0 Å². The van der Waals surface area contributed by atoms with Crippen molar-refractivity contribution in [2.75, 3.05) is 5.32 Å². The molecular formula is C23H21N9O2. The molecule has 11 nitrogen and oxygen atoms in total. The van der Waals surface area contributed by atoms with Gasteiger partial charge < -0.3 is 20.0 Å². The lowest BCUT2D eigenvalue weighted by atomic mass is 10.1. The van der Waals surface area contributed by atoms with E-state index < -0.39 is 5.69 Å². The number of aromatic nitrogens is 7. The summed E-state index contributed by atoms with van der Waals surface area (Å²) in [6.07, 6.45) is 10.8. The van der Waals surface area contributed by atoms with Gasteiger partial charge in [0.05, 0.1) is 24.3 Å². The van der Waals surface area contributed by atoms with Crippen molar-refractivity contribution in [1.82, 2.24) is 34.1 Å². The normalized spacial score (nSPS) is 14.8. The first kappa shape index (κ1) is 20.0. The van der Waals surface area contributed by atoms with Crippen molar-refractivity contribution in [2.45, 2.75) is 25.4 Å². The Kier molecular flexibility index (Phi) is 4.72. The molecule has 11 heteroatoms. The Morgan fingerprint density at radius 2 is 2.15 bits per heavy atom. The molecule has 6 rings (SSSR count). The fourth-order valence-electron chi connectivity index (χ4n) is 3.79.